The molecule has 0 amide bonds. The molecule has 0 heterocycles. The molecule has 0 aliphatic heterocycles. The molecule has 0 bridgehead atoms. The lowest BCUT2D eigenvalue weighted by Crippen LogP contribution is -2.01. The van der Waals surface area contributed by atoms with Gasteiger partial charge in [0, 0.05) is 5.02 Å². The van der Waals surface area contributed by atoms with E-state index >= 15 is 0 Å². The van der Waals surface area contributed by atoms with Crippen LogP contribution in [-0.2, 0) is 4.74 Å². The summed E-state index contributed by atoms with van der Waals surface area (Å²) in [7, 11) is 0. The first-order chi connectivity index (χ1) is 6.75. The molecule has 0 aromatic heterocycles. The van der Waals surface area contributed by atoms with E-state index in [1.54, 1.807) is 0 Å². The maximum atomic E-state index is 8.35. The summed E-state index contributed by atoms with van der Waals surface area (Å²) in [6.07, 6.45) is 0.353. The number of nitrogens with zero attached hydrogens (tertiary/aromatic N) is 1. The van der Waals surface area contributed by atoms with Gasteiger partial charge >= 0.3 is 0 Å². The molecule has 0 aliphatic rings. The van der Waals surface area contributed by atoms with Crippen molar-refractivity contribution in [1.82, 2.24) is 0 Å². The van der Waals surface area contributed by atoms with Gasteiger partial charge in [-0.3, -0.25) is 0 Å². The van der Waals surface area contributed by atoms with Gasteiger partial charge in [-0.25, -0.2) is 0 Å². The van der Waals surface area contributed by atoms with Crippen LogP contribution in [-0.4, -0.2) is 6.61 Å². The Balaban J connectivity index is 2.57. The normalized spacial score (nSPS) is 12.1. The SMILES string of the molecule is CC(OCCC#N)c1ccccc1Cl. The number of hydrogen-bond donors (Lipinski definition) is 0. The molecule has 0 radical (unpaired) electrons. The van der Waals surface area contributed by atoms with Crippen molar-refractivity contribution in [1.29, 1.82) is 5.26 Å². The number of ether oxygens (including phenoxy) is 1. The summed E-state index contributed by atoms with van der Waals surface area (Å²) in [5.74, 6) is 0. The first-order valence-electron chi connectivity index (χ1n) is 4.48. The van der Waals surface area contributed by atoms with Crippen LogP contribution in [0.15, 0.2) is 24.3 Å². The Morgan fingerprint density at radius 3 is 2.86 bits per heavy atom. The van der Waals surface area contributed by atoms with Crippen molar-refractivity contribution in [3.63, 3.8) is 0 Å². The van der Waals surface area contributed by atoms with Crippen molar-refractivity contribution in [3.05, 3.63) is 34.9 Å². The Bertz CT molecular complexity index is 332. The highest BCUT2D eigenvalue weighted by Gasteiger charge is 2.08. The average molecular weight is 210 g/mol. The molecule has 74 valence electrons. The third kappa shape index (κ3) is 3.02. The van der Waals surface area contributed by atoms with Crippen LogP contribution in [0.4, 0.5) is 0 Å². The smallest absolute Gasteiger partial charge is 0.0811 e. The summed E-state index contributed by atoms with van der Waals surface area (Å²) in [5.41, 5.74) is 0.965. The third-order valence-electron chi connectivity index (χ3n) is 1.92. The van der Waals surface area contributed by atoms with E-state index < -0.39 is 0 Å². The zero-order valence-corrected chi connectivity index (χ0v) is 8.79. The van der Waals surface area contributed by atoms with Gasteiger partial charge in [0.05, 0.1) is 25.2 Å². The first-order valence-corrected chi connectivity index (χ1v) is 4.86. The monoisotopic (exact) mass is 209 g/mol. The molecular weight excluding hydrogens is 198 g/mol. The van der Waals surface area contributed by atoms with Crippen molar-refractivity contribution in [3.8, 4) is 6.07 Å². The van der Waals surface area contributed by atoms with Crippen molar-refractivity contribution in [2.75, 3.05) is 6.61 Å². The van der Waals surface area contributed by atoms with Crippen LogP contribution in [0.3, 0.4) is 0 Å². The Kier molecular flexibility index (Phi) is 4.45. The van der Waals surface area contributed by atoms with Crippen LogP contribution in [0.1, 0.15) is 25.0 Å². The zero-order chi connectivity index (χ0) is 10.4. The molecule has 0 N–H and O–H groups in total. The molecule has 14 heavy (non-hydrogen) atoms. The second kappa shape index (κ2) is 5.64. The highest BCUT2D eigenvalue weighted by Crippen LogP contribution is 2.24. The van der Waals surface area contributed by atoms with Crippen LogP contribution in [0.2, 0.25) is 5.02 Å². The molecular formula is C11H12ClNO. The zero-order valence-electron chi connectivity index (χ0n) is 8.03. The lowest BCUT2D eigenvalue weighted by Gasteiger charge is -2.13. The van der Waals surface area contributed by atoms with E-state index in [2.05, 4.69) is 0 Å². The Hall–Kier alpha value is -1.04. The standard InChI is InChI=1S/C11H12ClNO/c1-9(14-8-4-7-13)10-5-2-3-6-11(10)12/h2-3,5-6,9H,4,8H2,1H3. The fourth-order valence-electron chi connectivity index (χ4n) is 1.18. The highest BCUT2D eigenvalue weighted by molar-refractivity contribution is 6.31. The summed E-state index contributed by atoms with van der Waals surface area (Å²) in [5, 5.41) is 9.05. The summed E-state index contributed by atoms with van der Waals surface area (Å²) < 4.78 is 5.44. The van der Waals surface area contributed by atoms with Gasteiger partial charge in [0.1, 0.15) is 0 Å². The first kappa shape index (κ1) is 11.0. The fraction of sp³-hybridized carbons (Fsp3) is 0.364. The minimum absolute atomic E-state index is 0.0583. The van der Waals surface area contributed by atoms with Gasteiger partial charge in [0.2, 0.25) is 0 Å². The van der Waals surface area contributed by atoms with Gasteiger partial charge in [-0.05, 0) is 18.6 Å². The summed E-state index contributed by atoms with van der Waals surface area (Å²) in [6, 6.07) is 9.60. The molecule has 3 heteroatoms. The minimum Gasteiger partial charge on any atom is -0.373 e. The van der Waals surface area contributed by atoms with Crippen LogP contribution in [0, 0.1) is 11.3 Å². The van der Waals surface area contributed by atoms with Gasteiger partial charge in [0.15, 0.2) is 0 Å². The van der Waals surface area contributed by atoms with E-state index in [4.69, 9.17) is 21.6 Å². The Labute approximate surface area is 89.1 Å². The van der Waals surface area contributed by atoms with Gasteiger partial charge < -0.3 is 4.74 Å². The van der Waals surface area contributed by atoms with Crippen LogP contribution < -0.4 is 0 Å². The van der Waals surface area contributed by atoms with Gasteiger partial charge in [-0.2, -0.15) is 5.26 Å². The molecule has 1 aromatic rings. The number of rotatable bonds is 4. The molecule has 1 atom stereocenters. The van der Waals surface area contributed by atoms with E-state index in [9.17, 15) is 0 Å². The van der Waals surface area contributed by atoms with Crippen molar-refractivity contribution < 1.29 is 4.74 Å². The topological polar surface area (TPSA) is 33.0 Å². The minimum atomic E-state index is -0.0583. The van der Waals surface area contributed by atoms with Crippen molar-refractivity contribution in [2.24, 2.45) is 0 Å². The number of benzene rings is 1. The molecule has 1 unspecified atom stereocenters. The molecule has 0 saturated carbocycles. The lowest BCUT2D eigenvalue weighted by molar-refractivity contribution is 0.0701. The maximum Gasteiger partial charge on any atom is 0.0811 e. The van der Waals surface area contributed by atoms with Gasteiger partial charge in [-0.15, -0.1) is 0 Å². The molecule has 2 nitrogen and oxygen atoms in total. The summed E-state index contributed by atoms with van der Waals surface area (Å²) in [6.45, 7) is 2.38. The molecule has 0 fully saturated rings. The summed E-state index contributed by atoms with van der Waals surface area (Å²) in [4.78, 5) is 0. The van der Waals surface area contributed by atoms with E-state index in [0.29, 0.717) is 18.1 Å². The molecule has 0 spiro atoms. The van der Waals surface area contributed by atoms with Crippen LogP contribution >= 0.6 is 11.6 Å². The quantitative estimate of drug-likeness (QED) is 0.713. The van der Waals surface area contributed by atoms with Gasteiger partial charge in [-0.1, -0.05) is 29.8 Å². The second-order valence-corrected chi connectivity index (χ2v) is 3.35. The van der Waals surface area contributed by atoms with Crippen LogP contribution in [0.5, 0.6) is 0 Å². The van der Waals surface area contributed by atoms with Crippen LogP contribution in [0.25, 0.3) is 0 Å². The number of hydrogen-bond acceptors (Lipinski definition) is 2. The molecule has 0 saturated heterocycles. The number of halogens is 1. The van der Waals surface area contributed by atoms with Gasteiger partial charge in [0.25, 0.3) is 0 Å². The third-order valence-corrected chi connectivity index (χ3v) is 2.27. The molecule has 0 aliphatic carbocycles. The van der Waals surface area contributed by atoms with Crippen molar-refractivity contribution in [2.45, 2.75) is 19.4 Å². The van der Waals surface area contributed by atoms with E-state index in [-0.39, 0.29) is 6.10 Å². The highest BCUT2D eigenvalue weighted by atomic mass is 35.5. The molecule has 1 aromatic carbocycles. The van der Waals surface area contributed by atoms with Crippen molar-refractivity contribution >= 4 is 11.6 Å². The molecule has 1 rings (SSSR count). The van der Waals surface area contributed by atoms with E-state index in [0.717, 1.165) is 5.56 Å². The Morgan fingerprint density at radius 1 is 1.50 bits per heavy atom. The largest absolute Gasteiger partial charge is 0.373 e. The van der Waals surface area contributed by atoms with E-state index in [1.807, 2.05) is 37.3 Å². The fourth-order valence-corrected chi connectivity index (χ4v) is 1.47. The predicted molar refractivity (Wildman–Crippen MR) is 56.0 cm³/mol. The Morgan fingerprint density at radius 2 is 2.21 bits per heavy atom. The second-order valence-electron chi connectivity index (χ2n) is 2.94. The lowest BCUT2D eigenvalue weighted by atomic mass is 10.1. The summed E-state index contributed by atoms with van der Waals surface area (Å²) >= 11 is 5.99. The predicted octanol–water partition coefficient (Wildman–Crippen LogP) is 3.33. The average Bonchev–Trinajstić information content (AvgIpc) is 2.18. The maximum absolute atomic E-state index is 8.35. The van der Waals surface area contributed by atoms with E-state index in [1.165, 1.54) is 0 Å². The number of nitriles is 1.